The molecule has 0 unspecified atom stereocenters. The summed E-state index contributed by atoms with van der Waals surface area (Å²) in [7, 11) is 3.49. The fraction of sp³-hybridized carbons (Fsp3) is 0.800. The van der Waals surface area contributed by atoms with Crippen LogP contribution in [0.15, 0.2) is 0 Å². The molecule has 0 fully saturated rings. The van der Waals surface area contributed by atoms with Crippen molar-refractivity contribution in [1.29, 1.82) is 0 Å². The second-order valence-corrected chi connectivity index (χ2v) is 5.31. The lowest BCUT2D eigenvalue weighted by atomic mass is 10.2. The molecule has 0 aliphatic heterocycles. The lowest BCUT2D eigenvalue weighted by molar-refractivity contribution is -0.124. The number of Topliss-reactive ketones (excluding diaryl/α,β-unsaturated/α-hetero) is 1. The molecule has 0 aliphatic rings. The first-order valence-electron chi connectivity index (χ1n) is 7.70. The predicted molar refractivity (Wildman–Crippen MR) is 93.2 cm³/mol. The lowest BCUT2D eigenvalue weighted by Gasteiger charge is -2.02. The minimum atomic E-state index is -0.0551. The van der Waals surface area contributed by atoms with Crippen LogP contribution in [0.5, 0.6) is 0 Å². The van der Waals surface area contributed by atoms with Crippen LogP contribution in [0.2, 0.25) is 0 Å². The molecule has 0 spiro atoms. The molecule has 22 heavy (non-hydrogen) atoms. The zero-order valence-electron chi connectivity index (χ0n) is 14.0. The van der Waals surface area contributed by atoms with E-state index in [1.165, 1.54) is 6.92 Å². The predicted octanol–water partition coefficient (Wildman–Crippen LogP) is 0.914. The molecule has 3 N–H and O–H groups in total. The molecule has 7 heteroatoms. The van der Waals surface area contributed by atoms with Crippen LogP contribution in [-0.2, 0) is 14.4 Å². The van der Waals surface area contributed by atoms with Gasteiger partial charge in [-0.15, -0.1) is 0 Å². The highest BCUT2D eigenvalue weighted by atomic mass is 32.1. The fourth-order valence-electron chi connectivity index (χ4n) is 1.40. The topological polar surface area (TPSA) is 87.3 Å². The summed E-state index contributed by atoms with van der Waals surface area (Å²) in [4.78, 5) is 32.1. The van der Waals surface area contributed by atoms with Crippen molar-refractivity contribution in [2.24, 2.45) is 0 Å². The lowest BCUT2D eigenvalue weighted by Crippen LogP contribution is -2.30. The minimum Gasteiger partial charge on any atom is -0.359 e. The van der Waals surface area contributed by atoms with Crippen LogP contribution >= 0.6 is 12.6 Å². The van der Waals surface area contributed by atoms with Crippen molar-refractivity contribution >= 4 is 30.2 Å². The van der Waals surface area contributed by atoms with E-state index in [4.69, 9.17) is 0 Å². The maximum atomic E-state index is 10.9. The average molecular weight is 333 g/mol. The molecule has 0 atom stereocenters. The maximum Gasteiger partial charge on any atom is 0.220 e. The van der Waals surface area contributed by atoms with Crippen molar-refractivity contribution < 1.29 is 14.4 Å². The second kappa shape index (κ2) is 18.0. The van der Waals surface area contributed by atoms with E-state index in [0.29, 0.717) is 25.8 Å². The third kappa shape index (κ3) is 21.2. The molecular weight excluding hydrogens is 302 g/mol. The molecule has 0 aliphatic carbocycles. The molecule has 0 aromatic rings. The number of unbranched alkanes of at least 4 members (excludes halogenated alkanes) is 2. The Bertz CT molecular complexity index is 312. The van der Waals surface area contributed by atoms with E-state index < -0.39 is 0 Å². The number of carbonyl (C=O) groups excluding carboxylic acids is 3. The van der Waals surface area contributed by atoms with Crippen LogP contribution in [0.1, 0.15) is 45.4 Å². The molecular formula is C15H31N3O3S. The molecule has 2 amide bonds. The van der Waals surface area contributed by atoms with E-state index in [0.717, 1.165) is 31.6 Å². The van der Waals surface area contributed by atoms with Crippen LogP contribution in [-0.4, -0.2) is 50.5 Å². The summed E-state index contributed by atoms with van der Waals surface area (Å²) in [5, 5.41) is 8.18. The van der Waals surface area contributed by atoms with Crippen LogP contribution in [0.4, 0.5) is 0 Å². The van der Waals surface area contributed by atoms with E-state index in [1.54, 1.807) is 7.05 Å². The number of thiol groups is 1. The number of ketones is 1. The van der Waals surface area contributed by atoms with Crippen molar-refractivity contribution in [2.45, 2.75) is 45.4 Å². The molecule has 6 nitrogen and oxygen atoms in total. The second-order valence-electron chi connectivity index (χ2n) is 4.86. The third-order valence-electron chi connectivity index (χ3n) is 2.74. The molecule has 130 valence electrons. The number of rotatable bonds is 11. The summed E-state index contributed by atoms with van der Waals surface area (Å²) in [5.74, 6) is 1.06. The Kier molecular flexibility index (Phi) is 18.9. The maximum absolute atomic E-state index is 10.9. The van der Waals surface area contributed by atoms with E-state index in [-0.39, 0.29) is 17.6 Å². The van der Waals surface area contributed by atoms with Crippen molar-refractivity contribution in [3.63, 3.8) is 0 Å². The van der Waals surface area contributed by atoms with Gasteiger partial charge in [0.05, 0.1) is 0 Å². The first-order chi connectivity index (χ1) is 10.5. The summed E-state index contributed by atoms with van der Waals surface area (Å²) in [6.45, 7) is 2.86. The van der Waals surface area contributed by atoms with E-state index in [2.05, 4.69) is 28.6 Å². The SMILES string of the molecule is CNC(=O)CCCCCS.CNCCNC(=O)CCC(C)=O. The van der Waals surface area contributed by atoms with Gasteiger partial charge in [0.1, 0.15) is 5.78 Å². The molecule has 0 aromatic carbocycles. The van der Waals surface area contributed by atoms with Gasteiger partial charge in [-0.2, -0.15) is 12.6 Å². The molecule has 0 aromatic heterocycles. The van der Waals surface area contributed by atoms with Gasteiger partial charge in [0.25, 0.3) is 0 Å². The van der Waals surface area contributed by atoms with Gasteiger partial charge >= 0.3 is 0 Å². The van der Waals surface area contributed by atoms with E-state index >= 15 is 0 Å². The van der Waals surface area contributed by atoms with Crippen molar-refractivity contribution in [3.8, 4) is 0 Å². The van der Waals surface area contributed by atoms with E-state index in [9.17, 15) is 14.4 Å². The first kappa shape index (κ1) is 23.2. The monoisotopic (exact) mass is 333 g/mol. The average Bonchev–Trinajstić information content (AvgIpc) is 2.50. The minimum absolute atomic E-state index is 0.0544. The van der Waals surface area contributed by atoms with Gasteiger partial charge in [-0.25, -0.2) is 0 Å². The molecule has 0 saturated heterocycles. The highest BCUT2D eigenvalue weighted by molar-refractivity contribution is 7.80. The molecule has 0 heterocycles. The molecule has 0 radical (unpaired) electrons. The molecule has 0 bridgehead atoms. The number of carbonyl (C=O) groups is 3. The highest BCUT2D eigenvalue weighted by Crippen LogP contribution is 1.99. The van der Waals surface area contributed by atoms with Crippen LogP contribution < -0.4 is 16.0 Å². The summed E-state index contributed by atoms with van der Waals surface area (Å²) in [5.41, 5.74) is 0. The summed E-state index contributed by atoms with van der Waals surface area (Å²) >= 11 is 4.07. The first-order valence-corrected chi connectivity index (χ1v) is 8.33. The van der Waals surface area contributed by atoms with Gasteiger partial charge in [0.15, 0.2) is 0 Å². The zero-order valence-corrected chi connectivity index (χ0v) is 14.9. The Morgan fingerprint density at radius 2 is 1.55 bits per heavy atom. The Labute approximate surface area is 139 Å². The van der Waals surface area contributed by atoms with E-state index in [1.807, 2.05) is 7.05 Å². The highest BCUT2D eigenvalue weighted by Gasteiger charge is 2.01. The van der Waals surface area contributed by atoms with Gasteiger partial charge in [-0.1, -0.05) is 6.42 Å². The zero-order chi connectivity index (χ0) is 17.2. The molecule has 0 saturated carbocycles. The Hall–Kier alpha value is -1.08. The van der Waals surface area contributed by atoms with Gasteiger partial charge in [0.2, 0.25) is 11.8 Å². The molecule has 0 rings (SSSR count). The van der Waals surface area contributed by atoms with Gasteiger partial charge in [-0.05, 0) is 32.6 Å². The smallest absolute Gasteiger partial charge is 0.220 e. The Morgan fingerprint density at radius 1 is 0.864 bits per heavy atom. The summed E-state index contributed by atoms with van der Waals surface area (Å²) in [6.07, 6.45) is 4.51. The van der Waals surface area contributed by atoms with Crippen LogP contribution in [0.3, 0.4) is 0 Å². The van der Waals surface area contributed by atoms with Gasteiger partial charge < -0.3 is 20.7 Å². The number of amides is 2. The quantitative estimate of drug-likeness (QED) is 0.334. The Balaban J connectivity index is 0. The number of nitrogens with one attached hydrogen (secondary N) is 3. The van der Waals surface area contributed by atoms with Crippen molar-refractivity contribution in [2.75, 3.05) is 32.9 Å². The summed E-state index contributed by atoms with van der Waals surface area (Å²) in [6, 6.07) is 0. The third-order valence-corrected chi connectivity index (χ3v) is 3.06. The fourth-order valence-corrected chi connectivity index (χ4v) is 1.63. The normalized spacial score (nSPS) is 9.45. The van der Waals surface area contributed by atoms with Crippen molar-refractivity contribution in [3.05, 3.63) is 0 Å². The van der Waals surface area contributed by atoms with Gasteiger partial charge in [-0.3, -0.25) is 9.59 Å². The Morgan fingerprint density at radius 3 is 2.05 bits per heavy atom. The van der Waals surface area contributed by atoms with Crippen molar-refractivity contribution in [1.82, 2.24) is 16.0 Å². The van der Waals surface area contributed by atoms with Crippen LogP contribution in [0, 0.1) is 0 Å². The standard InChI is InChI=1S/C8H16N2O2.C7H15NOS/c1-7(11)3-4-8(12)10-6-5-9-2;1-8-7(9)5-3-2-4-6-10/h9H,3-6H2,1-2H3,(H,10,12);10H,2-6H2,1H3,(H,8,9). The van der Waals surface area contributed by atoms with Crippen LogP contribution in [0.25, 0.3) is 0 Å². The largest absolute Gasteiger partial charge is 0.359 e. The summed E-state index contributed by atoms with van der Waals surface area (Å²) < 4.78 is 0. The number of likely N-dealkylation sites (N-methyl/N-ethyl adjacent to an activating group) is 1. The number of hydrogen-bond donors (Lipinski definition) is 4. The van der Waals surface area contributed by atoms with Gasteiger partial charge in [0, 0.05) is 39.4 Å². The number of hydrogen-bond acceptors (Lipinski definition) is 5.